The second-order valence-electron chi connectivity index (χ2n) is 10.8. The van der Waals surface area contributed by atoms with Crippen LogP contribution in [0.4, 0.5) is 5.69 Å². The number of aliphatic hydroxyl groups excluding tert-OH is 1. The summed E-state index contributed by atoms with van der Waals surface area (Å²) in [7, 11) is 0. The number of carbonyl (C=O) groups is 1. The van der Waals surface area contributed by atoms with Crippen molar-refractivity contribution in [1.29, 1.82) is 0 Å². The lowest BCUT2D eigenvalue weighted by Gasteiger charge is -2.34. The number of hydrogen-bond acceptors (Lipinski definition) is 5. The molecule has 1 unspecified atom stereocenters. The molecule has 0 bridgehead atoms. The van der Waals surface area contributed by atoms with Crippen molar-refractivity contribution in [3.8, 4) is 11.5 Å². The van der Waals surface area contributed by atoms with E-state index in [1.807, 2.05) is 13.8 Å². The third-order valence-electron chi connectivity index (χ3n) is 7.87. The van der Waals surface area contributed by atoms with Crippen molar-refractivity contribution in [2.24, 2.45) is 11.8 Å². The third kappa shape index (κ3) is 5.75. The largest absolute Gasteiger partial charge is 0.508 e. The molecule has 0 aliphatic carbocycles. The number of aliphatic hydroxyl groups is 1. The molecule has 1 fully saturated rings. The molecule has 4 rings (SSSR count). The number of nitrogens with zero attached hydrogens (tertiary/aromatic N) is 2. The number of benzene rings is 2. The zero-order valence-corrected chi connectivity index (χ0v) is 21.3. The summed E-state index contributed by atoms with van der Waals surface area (Å²) in [5, 5.41) is 29.6. The Morgan fingerprint density at radius 2 is 1.69 bits per heavy atom. The van der Waals surface area contributed by atoms with Crippen LogP contribution in [0.5, 0.6) is 11.5 Å². The standard InChI is InChI=1S/C29H40N2O4/c1-19(2)25-15-26(28(34)16-27(25)33)29(35)31-17-22-6-7-24(14-23(22)18-31)30-11-8-21(9-12-30)5-4-20(3)10-13-32/h6-7,14-16,19-21,32-34H,4-5,8-13,17-18H2,1-3H3. The minimum Gasteiger partial charge on any atom is -0.508 e. The van der Waals surface area contributed by atoms with Crippen LogP contribution in [0.2, 0.25) is 0 Å². The number of carbonyl (C=O) groups excluding carboxylic acids is 1. The van der Waals surface area contributed by atoms with E-state index in [2.05, 4.69) is 30.0 Å². The van der Waals surface area contributed by atoms with E-state index in [0.717, 1.165) is 36.6 Å². The molecule has 0 radical (unpaired) electrons. The summed E-state index contributed by atoms with van der Waals surface area (Å²) < 4.78 is 0. The minimum atomic E-state index is -0.210. The van der Waals surface area contributed by atoms with Gasteiger partial charge in [0.15, 0.2) is 0 Å². The van der Waals surface area contributed by atoms with E-state index in [1.165, 1.54) is 37.4 Å². The highest BCUT2D eigenvalue weighted by atomic mass is 16.3. The molecule has 0 spiro atoms. The molecular weight excluding hydrogens is 440 g/mol. The Labute approximate surface area is 209 Å². The number of fused-ring (bicyclic) bond motifs is 1. The van der Waals surface area contributed by atoms with Gasteiger partial charge in [0.05, 0.1) is 5.56 Å². The van der Waals surface area contributed by atoms with Crippen LogP contribution in [-0.2, 0) is 13.1 Å². The normalized spacial score (nSPS) is 17.2. The van der Waals surface area contributed by atoms with Crippen LogP contribution >= 0.6 is 0 Å². The molecule has 0 aromatic heterocycles. The number of hydrogen-bond donors (Lipinski definition) is 3. The maximum absolute atomic E-state index is 13.3. The lowest BCUT2D eigenvalue weighted by atomic mass is 9.88. The van der Waals surface area contributed by atoms with Gasteiger partial charge in [-0.05, 0) is 71.9 Å². The van der Waals surface area contributed by atoms with E-state index in [1.54, 1.807) is 11.0 Å². The summed E-state index contributed by atoms with van der Waals surface area (Å²) in [6.07, 6.45) is 5.75. The molecule has 2 aromatic carbocycles. The van der Waals surface area contributed by atoms with Crippen LogP contribution in [0.3, 0.4) is 0 Å². The van der Waals surface area contributed by atoms with E-state index >= 15 is 0 Å². The Morgan fingerprint density at radius 1 is 0.971 bits per heavy atom. The van der Waals surface area contributed by atoms with Gasteiger partial charge in [-0.1, -0.05) is 39.7 Å². The Bertz CT molecular complexity index is 1040. The van der Waals surface area contributed by atoms with Crippen LogP contribution in [0.1, 0.15) is 85.8 Å². The van der Waals surface area contributed by atoms with Crippen molar-refractivity contribution in [1.82, 2.24) is 4.90 Å². The number of phenols is 2. The second kappa shape index (κ2) is 10.9. The molecule has 2 aliphatic rings. The summed E-state index contributed by atoms with van der Waals surface area (Å²) in [5.74, 6) is 1.05. The van der Waals surface area contributed by atoms with Crippen LogP contribution in [0.15, 0.2) is 30.3 Å². The van der Waals surface area contributed by atoms with Crippen molar-refractivity contribution >= 4 is 11.6 Å². The van der Waals surface area contributed by atoms with Gasteiger partial charge >= 0.3 is 0 Å². The molecule has 190 valence electrons. The fourth-order valence-corrected chi connectivity index (χ4v) is 5.48. The molecule has 0 saturated carbocycles. The van der Waals surface area contributed by atoms with E-state index in [9.17, 15) is 15.0 Å². The highest BCUT2D eigenvalue weighted by molar-refractivity contribution is 5.97. The van der Waals surface area contributed by atoms with Crippen molar-refractivity contribution in [3.63, 3.8) is 0 Å². The fraction of sp³-hybridized carbons (Fsp3) is 0.552. The van der Waals surface area contributed by atoms with E-state index < -0.39 is 0 Å². The average molecular weight is 481 g/mol. The molecule has 2 aromatic rings. The molecule has 2 heterocycles. The Morgan fingerprint density at radius 3 is 2.37 bits per heavy atom. The molecule has 1 atom stereocenters. The number of anilines is 1. The first kappa shape index (κ1) is 25.4. The second-order valence-corrected chi connectivity index (χ2v) is 10.8. The SMILES string of the molecule is CC(CCO)CCC1CCN(c2ccc3c(c2)CN(C(=O)c2cc(C(C)C)c(O)cc2O)C3)CC1. The van der Waals surface area contributed by atoms with E-state index in [-0.39, 0.29) is 35.5 Å². The van der Waals surface area contributed by atoms with Gasteiger partial charge < -0.3 is 25.1 Å². The van der Waals surface area contributed by atoms with Crippen molar-refractivity contribution in [2.75, 3.05) is 24.6 Å². The van der Waals surface area contributed by atoms with Crippen LogP contribution in [0.25, 0.3) is 0 Å². The molecule has 1 saturated heterocycles. The van der Waals surface area contributed by atoms with E-state index in [0.29, 0.717) is 24.6 Å². The summed E-state index contributed by atoms with van der Waals surface area (Å²) in [4.78, 5) is 17.5. The molecule has 6 heteroatoms. The lowest BCUT2D eigenvalue weighted by Crippen LogP contribution is -2.33. The van der Waals surface area contributed by atoms with Gasteiger partial charge in [0.1, 0.15) is 11.5 Å². The number of rotatable bonds is 8. The first-order chi connectivity index (χ1) is 16.8. The van der Waals surface area contributed by atoms with Gasteiger partial charge in [0, 0.05) is 44.5 Å². The van der Waals surface area contributed by atoms with Gasteiger partial charge in [-0.25, -0.2) is 0 Å². The first-order valence-corrected chi connectivity index (χ1v) is 13.1. The Balaban J connectivity index is 1.38. The van der Waals surface area contributed by atoms with Gasteiger partial charge in [-0.2, -0.15) is 0 Å². The zero-order chi connectivity index (χ0) is 25.1. The van der Waals surface area contributed by atoms with Gasteiger partial charge in [-0.15, -0.1) is 0 Å². The monoisotopic (exact) mass is 480 g/mol. The molecular formula is C29H40N2O4. The number of phenolic OH excluding ortho intramolecular Hbond substituents is 2. The predicted molar refractivity (Wildman–Crippen MR) is 139 cm³/mol. The zero-order valence-electron chi connectivity index (χ0n) is 21.3. The van der Waals surface area contributed by atoms with Crippen molar-refractivity contribution < 1.29 is 20.1 Å². The molecule has 35 heavy (non-hydrogen) atoms. The minimum absolute atomic E-state index is 0.0202. The van der Waals surface area contributed by atoms with Crippen molar-refractivity contribution in [3.05, 3.63) is 52.6 Å². The molecule has 2 aliphatic heterocycles. The molecule has 3 N–H and O–H groups in total. The maximum atomic E-state index is 13.3. The molecule has 6 nitrogen and oxygen atoms in total. The maximum Gasteiger partial charge on any atom is 0.258 e. The summed E-state index contributed by atoms with van der Waals surface area (Å²) in [6.45, 7) is 9.59. The van der Waals surface area contributed by atoms with Crippen molar-refractivity contribution in [2.45, 2.75) is 71.9 Å². The number of piperidine rings is 1. The fourth-order valence-electron chi connectivity index (χ4n) is 5.48. The Hall–Kier alpha value is -2.73. The smallest absolute Gasteiger partial charge is 0.258 e. The summed E-state index contributed by atoms with van der Waals surface area (Å²) in [5.41, 5.74) is 4.45. The average Bonchev–Trinajstić information content (AvgIpc) is 3.26. The number of aromatic hydroxyl groups is 2. The van der Waals surface area contributed by atoms with Gasteiger partial charge in [0.2, 0.25) is 0 Å². The van der Waals surface area contributed by atoms with Crippen LogP contribution in [-0.4, -0.2) is 45.8 Å². The number of amides is 1. The molecule has 1 amide bonds. The van der Waals surface area contributed by atoms with E-state index in [4.69, 9.17) is 5.11 Å². The third-order valence-corrected chi connectivity index (χ3v) is 7.87. The van der Waals surface area contributed by atoms with Crippen LogP contribution < -0.4 is 4.90 Å². The topological polar surface area (TPSA) is 84.2 Å². The van der Waals surface area contributed by atoms with Gasteiger partial charge in [0.25, 0.3) is 5.91 Å². The predicted octanol–water partition coefficient (Wildman–Crippen LogP) is 5.39. The highest BCUT2D eigenvalue weighted by Crippen LogP contribution is 2.36. The Kier molecular flexibility index (Phi) is 7.90. The quantitative estimate of drug-likeness (QED) is 0.472. The first-order valence-electron chi connectivity index (χ1n) is 13.1. The summed E-state index contributed by atoms with van der Waals surface area (Å²) in [6, 6.07) is 9.44. The van der Waals surface area contributed by atoms with Crippen LogP contribution in [0, 0.1) is 11.8 Å². The summed E-state index contributed by atoms with van der Waals surface area (Å²) >= 11 is 0. The lowest BCUT2D eigenvalue weighted by molar-refractivity contribution is 0.0748. The van der Waals surface area contributed by atoms with Gasteiger partial charge in [-0.3, -0.25) is 4.79 Å². The highest BCUT2D eigenvalue weighted by Gasteiger charge is 2.28.